The summed E-state index contributed by atoms with van der Waals surface area (Å²) >= 11 is 0. The van der Waals surface area contributed by atoms with Gasteiger partial charge in [0.25, 0.3) is 0 Å². The Morgan fingerprint density at radius 2 is 2.06 bits per heavy atom. The molecule has 0 aromatic heterocycles. The highest BCUT2D eigenvalue weighted by Gasteiger charge is 2.19. The molecule has 0 bridgehead atoms. The molecule has 0 heterocycles. The van der Waals surface area contributed by atoms with Gasteiger partial charge in [0.05, 0.1) is 5.92 Å². The largest absolute Gasteiger partial charge is 0.507 e. The Hall–Kier alpha value is -1.51. The fraction of sp³-hybridized carbons (Fsp3) is 0.500. The van der Waals surface area contributed by atoms with E-state index in [9.17, 15) is 9.90 Å². The lowest BCUT2D eigenvalue weighted by molar-refractivity contribution is -0.141. The van der Waals surface area contributed by atoms with Crippen molar-refractivity contribution in [3.8, 4) is 5.75 Å². The molecule has 1 unspecified atom stereocenters. The quantitative estimate of drug-likeness (QED) is 0.845. The number of phenolic OH excluding ortho intramolecular Hbond substituents is 1. The molecule has 2 rings (SSSR count). The zero-order valence-electron chi connectivity index (χ0n) is 10.1. The van der Waals surface area contributed by atoms with Crippen molar-refractivity contribution in [3.63, 3.8) is 0 Å². The van der Waals surface area contributed by atoms with E-state index in [4.69, 9.17) is 5.11 Å². The van der Waals surface area contributed by atoms with Crippen LogP contribution in [-0.4, -0.2) is 16.2 Å². The molecule has 1 aromatic rings. The number of carboxylic acid groups (broad SMARTS) is 1. The molecule has 0 fully saturated rings. The topological polar surface area (TPSA) is 57.5 Å². The zero-order valence-corrected chi connectivity index (χ0v) is 10.1. The van der Waals surface area contributed by atoms with Crippen LogP contribution < -0.4 is 0 Å². The van der Waals surface area contributed by atoms with E-state index in [0.717, 1.165) is 30.4 Å². The van der Waals surface area contributed by atoms with Gasteiger partial charge in [0, 0.05) is 0 Å². The highest BCUT2D eigenvalue weighted by atomic mass is 16.4. The molecule has 2 N–H and O–H groups in total. The predicted octanol–water partition coefficient (Wildman–Crippen LogP) is 2.53. The molecule has 17 heavy (non-hydrogen) atoms. The predicted molar refractivity (Wildman–Crippen MR) is 65.3 cm³/mol. The van der Waals surface area contributed by atoms with E-state index in [1.54, 1.807) is 6.92 Å². The first-order valence-corrected chi connectivity index (χ1v) is 6.15. The molecular formula is C14H18O3. The van der Waals surface area contributed by atoms with Crippen LogP contribution in [0.15, 0.2) is 12.1 Å². The van der Waals surface area contributed by atoms with Crippen molar-refractivity contribution in [2.24, 2.45) is 5.92 Å². The maximum Gasteiger partial charge on any atom is 0.306 e. The molecule has 3 nitrogen and oxygen atoms in total. The number of phenols is 1. The minimum atomic E-state index is -0.817. The van der Waals surface area contributed by atoms with E-state index in [-0.39, 0.29) is 0 Å². The highest BCUT2D eigenvalue weighted by molar-refractivity contribution is 5.70. The smallest absolute Gasteiger partial charge is 0.306 e. The van der Waals surface area contributed by atoms with Gasteiger partial charge in [-0.15, -0.1) is 0 Å². The number of hydrogen-bond donors (Lipinski definition) is 2. The van der Waals surface area contributed by atoms with Crippen molar-refractivity contribution < 1.29 is 15.0 Å². The van der Waals surface area contributed by atoms with Gasteiger partial charge in [0.2, 0.25) is 0 Å². The van der Waals surface area contributed by atoms with E-state index in [1.165, 1.54) is 12.0 Å². The van der Waals surface area contributed by atoms with Crippen molar-refractivity contribution in [2.45, 2.75) is 39.0 Å². The minimum Gasteiger partial charge on any atom is -0.507 e. The second-order valence-electron chi connectivity index (χ2n) is 4.86. The first-order chi connectivity index (χ1) is 8.09. The molecule has 1 atom stereocenters. The van der Waals surface area contributed by atoms with E-state index in [0.29, 0.717) is 12.2 Å². The Morgan fingerprint density at radius 1 is 1.35 bits per heavy atom. The lowest BCUT2D eigenvalue weighted by atomic mass is 9.87. The molecule has 1 aliphatic carbocycles. The number of aryl methyl sites for hydroxylation is 1. The summed E-state index contributed by atoms with van der Waals surface area (Å²) in [7, 11) is 0. The average Bonchev–Trinajstić information content (AvgIpc) is 2.33. The van der Waals surface area contributed by atoms with Crippen LogP contribution in [0.3, 0.4) is 0 Å². The molecule has 1 aromatic carbocycles. The number of rotatable bonds is 3. The third-order valence-corrected chi connectivity index (χ3v) is 3.53. The van der Waals surface area contributed by atoms with E-state index >= 15 is 0 Å². The van der Waals surface area contributed by atoms with Crippen molar-refractivity contribution in [1.82, 2.24) is 0 Å². The van der Waals surface area contributed by atoms with Crippen LogP contribution in [0.25, 0.3) is 0 Å². The molecule has 0 saturated carbocycles. The number of fused-ring (bicyclic) bond motifs is 1. The molecule has 3 heteroatoms. The lowest BCUT2D eigenvalue weighted by Crippen LogP contribution is -2.13. The molecule has 0 aliphatic heterocycles. The first kappa shape index (κ1) is 12.0. The summed E-state index contributed by atoms with van der Waals surface area (Å²) in [6.45, 7) is 1.67. The number of benzene rings is 1. The maximum absolute atomic E-state index is 10.8. The standard InChI is InChI=1S/C14H18O3/c1-9(14(16)17)8-11-7-6-10-4-2-3-5-12(10)13(11)15/h6-7,9,15H,2-5,8H2,1H3,(H,16,17). The lowest BCUT2D eigenvalue weighted by Gasteiger charge is -2.19. The SMILES string of the molecule is CC(Cc1ccc2c(c1O)CCCC2)C(=O)O. The Balaban J connectivity index is 2.27. The summed E-state index contributed by atoms with van der Waals surface area (Å²) in [5, 5.41) is 19.1. The van der Waals surface area contributed by atoms with Crippen LogP contribution in [0.1, 0.15) is 36.5 Å². The van der Waals surface area contributed by atoms with Crippen molar-refractivity contribution >= 4 is 5.97 Å². The highest BCUT2D eigenvalue weighted by Crippen LogP contribution is 2.33. The second kappa shape index (κ2) is 4.78. The Bertz CT molecular complexity index is 437. The maximum atomic E-state index is 10.8. The summed E-state index contributed by atoms with van der Waals surface area (Å²) in [6.07, 6.45) is 4.62. The van der Waals surface area contributed by atoms with E-state index < -0.39 is 11.9 Å². The molecule has 1 aliphatic rings. The van der Waals surface area contributed by atoms with Gasteiger partial charge in [-0.05, 0) is 48.8 Å². The Morgan fingerprint density at radius 3 is 2.76 bits per heavy atom. The van der Waals surface area contributed by atoms with Gasteiger partial charge in [0.1, 0.15) is 5.75 Å². The van der Waals surface area contributed by atoms with Crippen LogP contribution in [0.5, 0.6) is 5.75 Å². The summed E-state index contributed by atoms with van der Waals surface area (Å²) < 4.78 is 0. The fourth-order valence-corrected chi connectivity index (χ4v) is 2.44. The van der Waals surface area contributed by atoms with Crippen molar-refractivity contribution in [2.75, 3.05) is 0 Å². The number of carboxylic acids is 1. The Kier molecular flexibility index (Phi) is 3.36. The van der Waals surface area contributed by atoms with Crippen LogP contribution in [-0.2, 0) is 24.1 Å². The number of aromatic hydroxyl groups is 1. The molecule has 0 spiro atoms. The third-order valence-electron chi connectivity index (χ3n) is 3.53. The van der Waals surface area contributed by atoms with E-state index in [1.807, 2.05) is 12.1 Å². The zero-order chi connectivity index (χ0) is 12.4. The first-order valence-electron chi connectivity index (χ1n) is 6.15. The molecular weight excluding hydrogens is 216 g/mol. The third kappa shape index (κ3) is 2.43. The summed E-state index contributed by atoms with van der Waals surface area (Å²) in [5.41, 5.74) is 3.02. The van der Waals surface area contributed by atoms with E-state index in [2.05, 4.69) is 0 Å². The number of carbonyl (C=O) groups is 1. The van der Waals surface area contributed by atoms with Crippen LogP contribution >= 0.6 is 0 Å². The van der Waals surface area contributed by atoms with Gasteiger partial charge in [-0.2, -0.15) is 0 Å². The summed E-state index contributed by atoms with van der Waals surface area (Å²) in [4.78, 5) is 10.8. The van der Waals surface area contributed by atoms with Gasteiger partial charge < -0.3 is 10.2 Å². The monoisotopic (exact) mass is 234 g/mol. The minimum absolute atomic E-state index is 0.329. The van der Waals surface area contributed by atoms with Crippen LogP contribution in [0, 0.1) is 5.92 Å². The van der Waals surface area contributed by atoms with Gasteiger partial charge in [-0.1, -0.05) is 19.1 Å². The van der Waals surface area contributed by atoms with Crippen LogP contribution in [0.2, 0.25) is 0 Å². The second-order valence-corrected chi connectivity index (χ2v) is 4.86. The van der Waals surface area contributed by atoms with Gasteiger partial charge in [-0.3, -0.25) is 4.79 Å². The van der Waals surface area contributed by atoms with Crippen molar-refractivity contribution in [3.05, 3.63) is 28.8 Å². The van der Waals surface area contributed by atoms with Gasteiger partial charge in [0.15, 0.2) is 0 Å². The van der Waals surface area contributed by atoms with Crippen LogP contribution in [0.4, 0.5) is 0 Å². The van der Waals surface area contributed by atoms with Gasteiger partial charge >= 0.3 is 5.97 Å². The molecule has 0 amide bonds. The number of hydrogen-bond acceptors (Lipinski definition) is 2. The summed E-state index contributed by atoms with van der Waals surface area (Å²) in [6, 6.07) is 3.91. The van der Waals surface area contributed by atoms with Crippen molar-refractivity contribution in [1.29, 1.82) is 0 Å². The molecule has 0 radical (unpaired) electrons. The molecule has 0 saturated heterocycles. The number of aliphatic carboxylic acids is 1. The fourth-order valence-electron chi connectivity index (χ4n) is 2.44. The normalized spacial score (nSPS) is 16.3. The molecule has 92 valence electrons. The Labute approximate surface area is 101 Å². The summed E-state index contributed by atoms with van der Waals surface area (Å²) in [5.74, 6) is -0.944. The van der Waals surface area contributed by atoms with Gasteiger partial charge in [-0.25, -0.2) is 0 Å². The average molecular weight is 234 g/mol.